The van der Waals surface area contributed by atoms with Gasteiger partial charge in [0.1, 0.15) is 10.9 Å². The molecule has 7 nitrogen and oxygen atoms in total. The standard InChI is InChI=1S/C16H13N3O4S4/c17-27(22,23)12-5-3-10(4-6-12)18-14(20)9-19-15(21)13(26-16(19)24)8-11-2-1-7-25-11/h1-8H,9H2,(H,18,20)(H2,17,22,23)/b13-8-. The van der Waals surface area contributed by atoms with Gasteiger partial charge in [0.05, 0.1) is 9.80 Å². The van der Waals surface area contributed by atoms with E-state index in [1.54, 1.807) is 6.08 Å². The molecule has 2 amide bonds. The number of carbonyl (C=O) groups is 2. The molecule has 0 spiro atoms. The van der Waals surface area contributed by atoms with Crippen molar-refractivity contribution in [3.05, 3.63) is 51.6 Å². The van der Waals surface area contributed by atoms with E-state index in [1.165, 1.54) is 40.5 Å². The summed E-state index contributed by atoms with van der Waals surface area (Å²) in [5.41, 5.74) is 0.381. The van der Waals surface area contributed by atoms with Crippen LogP contribution in [0.15, 0.2) is 51.6 Å². The Morgan fingerprint density at radius 2 is 1.96 bits per heavy atom. The summed E-state index contributed by atoms with van der Waals surface area (Å²) in [6.45, 7) is -0.233. The molecular formula is C16H13N3O4S4. The number of nitrogens with two attached hydrogens (primary N) is 1. The molecule has 1 aliphatic heterocycles. The maximum Gasteiger partial charge on any atom is 0.266 e. The maximum absolute atomic E-state index is 12.5. The normalized spacial score (nSPS) is 16.2. The molecule has 0 radical (unpaired) electrons. The van der Waals surface area contributed by atoms with Crippen LogP contribution < -0.4 is 10.5 Å². The number of nitrogens with one attached hydrogen (secondary N) is 1. The lowest BCUT2D eigenvalue weighted by molar-refractivity contribution is -0.126. The van der Waals surface area contributed by atoms with E-state index >= 15 is 0 Å². The monoisotopic (exact) mass is 439 g/mol. The summed E-state index contributed by atoms with van der Waals surface area (Å²) in [6.07, 6.45) is 1.74. The Balaban J connectivity index is 1.65. The number of hydrogen-bond acceptors (Lipinski definition) is 7. The molecule has 1 fully saturated rings. The number of thioether (sulfide) groups is 1. The summed E-state index contributed by atoms with van der Waals surface area (Å²) in [5, 5.41) is 9.53. The summed E-state index contributed by atoms with van der Waals surface area (Å²) < 4.78 is 22.8. The van der Waals surface area contributed by atoms with Gasteiger partial charge in [0.15, 0.2) is 0 Å². The highest BCUT2D eigenvalue weighted by Crippen LogP contribution is 2.33. The molecule has 0 aliphatic carbocycles. The van der Waals surface area contributed by atoms with Crippen LogP contribution >= 0.6 is 35.3 Å². The fraction of sp³-hybridized carbons (Fsp3) is 0.0625. The molecule has 2 aromatic rings. The Hall–Kier alpha value is -2.05. The molecule has 0 atom stereocenters. The van der Waals surface area contributed by atoms with Gasteiger partial charge in [0.25, 0.3) is 5.91 Å². The second-order valence-electron chi connectivity index (χ2n) is 5.40. The first-order valence-electron chi connectivity index (χ1n) is 7.45. The fourth-order valence-electron chi connectivity index (χ4n) is 2.21. The number of primary sulfonamides is 1. The number of anilines is 1. The van der Waals surface area contributed by atoms with Crippen molar-refractivity contribution >= 4 is 73.2 Å². The van der Waals surface area contributed by atoms with Gasteiger partial charge in [-0.15, -0.1) is 11.3 Å². The first kappa shape index (κ1) is 19.7. The van der Waals surface area contributed by atoms with Gasteiger partial charge in [0.2, 0.25) is 15.9 Å². The van der Waals surface area contributed by atoms with E-state index in [2.05, 4.69) is 5.32 Å². The van der Waals surface area contributed by atoms with Crippen LogP contribution in [-0.4, -0.2) is 36.0 Å². The van der Waals surface area contributed by atoms with Gasteiger partial charge in [-0.05, 0) is 41.8 Å². The zero-order chi connectivity index (χ0) is 19.6. The van der Waals surface area contributed by atoms with Crippen LogP contribution in [0.3, 0.4) is 0 Å². The lowest BCUT2D eigenvalue weighted by atomic mass is 10.3. The Kier molecular flexibility index (Phi) is 5.77. The summed E-state index contributed by atoms with van der Waals surface area (Å²) in [7, 11) is -3.80. The number of thiophene rings is 1. The minimum atomic E-state index is -3.80. The number of carbonyl (C=O) groups excluding carboxylic acids is 2. The number of sulfonamides is 1. The molecule has 11 heteroatoms. The smallest absolute Gasteiger partial charge is 0.266 e. The van der Waals surface area contributed by atoms with E-state index in [1.807, 2.05) is 17.5 Å². The van der Waals surface area contributed by atoms with Crippen LogP contribution in [-0.2, 0) is 19.6 Å². The van der Waals surface area contributed by atoms with E-state index in [0.29, 0.717) is 14.9 Å². The van der Waals surface area contributed by atoms with E-state index in [9.17, 15) is 18.0 Å². The zero-order valence-electron chi connectivity index (χ0n) is 13.6. The molecule has 0 bridgehead atoms. The highest BCUT2D eigenvalue weighted by atomic mass is 32.2. The van der Waals surface area contributed by atoms with Crippen molar-refractivity contribution in [2.24, 2.45) is 5.14 Å². The third-order valence-electron chi connectivity index (χ3n) is 3.46. The fourth-order valence-corrected chi connectivity index (χ4v) is 4.70. The number of benzene rings is 1. The predicted octanol–water partition coefficient (Wildman–Crippen LogP) is 2.24. The SMILES string of the molecule is NS(=O)(=O)c1ccc(NC(=O)CN2C(=O)/C(=C/c3cccs3)SC2=S)cc1. The van der Waals surface area contributed by atoms with Gasteiger partial charge in [-0.2, -0.15) is 0 Å². The molecule has 1 aliphatic rings. The molecule has 27 heavy (non-hydrogen) atoms. The average Bonchev–Trinajstić information content (AvgIpc) is 3.19. The number of amides is 2. The summed E-state index contributed by atoms with van der Waals surface area (Å²) >= 11 is 7.85. The predicted molar refractivity (Wildman–Crippen MR) is 111 cm³/mol. The van der Waals surface area contributed by atoms with Crippen LogP contribution in [0.25, 0.3) is 6.08 Å². The highest BCUT2D eigenvalue weighted by molar-refractivity contribution is 8.26. The molecule has 1 saturated heterocycles. The third kappa shape index (κ3) is 4.82. The number of rotatable bonds is 5. The van der Waals surface area contributed by atoms with Gasteiger partial charge in [-0.3, -0.25) is 14.5 Å². The van der Waals surface area contributed by atoms with Crippen molar-refractivity contribution in [2.45, 2.75) is 4.90 Å². The maximum atomic E-state index is 12.5. The van der Waals surface area contributed by atoms with E-state index in [0.717, 1.165) is 16.6 Å². The quantitative estimate of drug-likeness (QED) is 0.546. The van der Waals surface area contributed by atoms with Gasteiger partial charge in [-0.1, -0.05) is 30.0 Å². The molecule has 0 saturated carbocycles. The second kappa shape index (κ2) is 7.90. The lowest BCUT2D eigenvalue weighted by Gasteiger charge is -2.14. The highest BCUT2D eigenvalue weighted by Gasteiger charge is 2.33. The van der Waals surface area contributed by atoms with Crippen LogP contribution in [0, 0.1) is 0 Å². The molecular weight excluding hydrogens is 426 g/mol. The van der Waals surface area contributed by atoms with Crippen LogP contribution in [0.2, 0.25) is 0 Å². The molecule has 2 heterocycles. The number of hydrogen-bond donors (Lipinski definition) is 2. The van der Waals surface area contributed by atoms with Crippen LogP contribution in [0.5, 0.6) is 0 Å². The van der Waals surface area contributed by atoms with Gasteiger partial charge in [-0.25, -0.2) is 13.6 Å². The molecule has 1 aromatic carbocycles. The van der Waals surface area contributed by atoms with Crippen molar-refractivity contribution in [1.29, 1.82) is 0 Å². The molecule has 3 rings (SSSR count). The van der Waals surface area contributed by atoms with E-state index < -0.39 is 15.9 Å². The van der Waals surface area contributed by atoms with Crippen molar-refractivity contribution in [3.63, 3.8) is 0 Å². The topological polar surface area (TPSA) is 110 Å². The van der Waals surface area contributed by atoms with Crippen molar-refractivity contribution in [3.8, 4) is 0 Å². The van der Waals surface area contributed by atoms with E-state index in [4.69, 9.17) is 17.4 Å². The minimum Gasteiger partial charge on any atom is -0.325 e. The van der Waals surface area contributed by atoms with Gasteiger partial charge >= 0.3 is 0 Å². The summed E-state index contributed by atoms with van der Waals surface area (Å²) in [6, 6.07) is 9.17. The third-order valence-corrected chi connectivity index (χ3v) is 6.58. The number of nitrogens with zero attached hydrogens (tertiary/aromatic N) is 1. The summed E-state index contributed by atoms with van der Waals surface area (Å²) in [5.74, 6) is -0.773. The van der Waals surface area contributed by atoms with Crippen LogP contribution in [0.4, 0.5) is 5.69 Å². The molecule has 3 N–H and O–H groups in total. The Morgan fingerprint density at radius 1 is 1.26 bits per heavy atom. The summed E-state index contributed by atoms with van der Waals surface area (Å²) in [4.78, 5) is 27.3. The first-order chi connectivity index (χ1) is 12.7. The molecule has 140 valence electrons. The largest absolute Gasteiger partial charge is 0.325 e. The minimum absolute atomic E-state index is 0.0591. The lowest BCUT2D eigenvalue weighted by Crippen LogP contribution is -2.36. The van der Waals surface area contributed by atoms with Gasteiger partial charge < -0.3 is 5.32 Å². The van der Waals surface area contributed by atoms with Gasteiger partial charge in [0, 0.05) is 10.6 Å². The van der Waals surface area contributed by atoms with Crippen molar-refractivity contribution in [1.82, 2.24) is 4.90 Å². The number of thiocarbonyl (C=S) groups is 1. The molecule has 1 aromatic heterocycles. The van der Waals surface area contributed by atoms with E-state index in [-0.39, 0.29) is 17.3 Å². The first-order valence-corrected chi connectivity index (χ1v) is 11.1. The van der Waals surface area contributed by atoms with Crippen molar-refractivity contribution < 1.29 is 18.0 Å². The Bertz CT molecular complexity index is 1030. The van der Waals surface area contributed by atoms with Crippen molar-refractivity contribution in [2.75, 3.05) is 11.9 Å². The average molecular weight is 440 g/mol. The van der Waals surface area contributed by atoms with Crippen LogP contribution in [0.1, 0.15) is 4.88 Å². The zero-order valence-corrected chi connectivity index (χ0v) is 16.9. The molecule has 0 unspecified atom stereocenters. The Labute approximate surface area is 169 Å². The second-order valence-corrected chi connectivity index (χ2v) is 9.62. The Morgan fingerprint density at radius 3 is 2.56 bits per heavy atom.